The Balaban J connectivity index is 2.26. The van der Waals surface area contributed by atoms with Gasteiger partial charge in [0.05, 0.1) is 5.56 Å². The molecule has 1 heterocycles. The molecule has 0 saturated heterocycles. The number of hydrogen-bond donors (Lipinski definition) is 1. The normalized spacial score (nSPS) is 10.4. The van der Waals surface area contributed by atoms with Crippen LogP contribution in [-0.4, -0.2) is 5.91 Å². The van der Waals surface area contributed by atoms with Crippen LogP contribution < -0.4 is 5.32 Å². The van der Waals surface area contributed by atoms with Crippen molar-refractivity contribution in [2.24, 2.45) is 0 Å². The summed E-state index contributed by atoms with van der Waals surface area (Å²) in [6, 6.07) is 7.75. The van der Waals surface area contributed by atoms with Gasteiger partial charge >= 0.3 is 0 Å². The Kier molecular flexibility index (Phi) is 3.24. The van der Waals surface area contributed by atoms with E-state index in [9.17, 15) is 4.79 Å². The number of carbonyl (C=O) groups excluding carboxylic acids is 1. The summed E-state index contributed by atoms with van der Waals surface area (Å²) in [7, 11) is 0. The first-order valence-electron chi connectivity index (χ1n) is 5.93. The fourth-order valence-corrected chi connectivity index (χ4v) is 1.92. The lowest BCUT2D eigenvalue weighted by Gasteiger charge is -2.08. The van der Waals surface area contributed by atoms with Gasteiger partial charge < -0.3 is 9.73 Å². The van der Waals surface area contributed by atoms with Crippen molar-refractivity contribution in [1.82, 2.24) is 0 Å². The summed E-state index contributed by atoms with van der Waals surface area (Å²) in [6.45, 7) is 7.61. The first kappa shape index (κ1) is 12.4. The summed E-state index contributed by atoms with van der Waals surface area (Å²) in [5, 5.41) is 2.92. The number of anilines is 1. The van der Waals surface area contributed by atoms with Crippen molar-refractivity contribution in [2.45, 2.75) is 27.7 Å². The number of carbonyl (C=O) groups is 1. The van der Waals surface area contributed by atoms with Crippen LogP contribution in [0.4, 0.5) is 5.69 Å². The van der Waals surface area contributed by atoms with E-state index in [4.69, 9.17) is 4.42 Å². The molecular weight excluding hydrogens is 226 g/mol. The predicted octanol–water partition coefficient (Wildman–Crippen LogP) is 3.77. The summed E-state index contributed by atoms with van der Waals surface area (Å²) in [4.78, 5) is 12.1. The van der Waals surface area contributed by atoms with Gasteiger partial charge in [-0.3, -0.25) is 4.79 Å². The van der Waals surface area contributed by atoms with Crippen molar-refractivity contribution >= 4 is 11.6 Å². The third-order valence-electron chi connectivity index (χ3n) is 2.93. The van der Waals surface area contributed by atoms with E-state index in [0.717, 1.165) is 22.6 Å². The van der Waals surface area contributed by atoms with E-state index in [0.29, 0.717) is 11.3 Å². The third-order valence-corrected chi connectivity index (χ3v) is 2.93. The van der Waals surface area contributed by atoms with E-state index in [-0.39, 0.29) is 5.91 Å². The minimum atomic E-state index is -0.127. The van der Waals surface area contributed by atoms with Crippen molar-refractivity contribution in [3.8, 4) is 0 Å². The van der Waals surface area contributed by atoms with Gasteiger partial charge in [-0.15, -0.1) is 0 Å². The highest BCUT2D eigenvalue weighted by Crippen LogP contribution is 2.19. The predicted molar refractivity (Wildman–Crippen MR) is 72.1 cm³/mol. The maximum absolute atomic E-state index is 12.1. The van der Waals surface area contributed by atoms with Gasteiger partial charge in [0.2, 0.25) is 0 Å². The first-order valence-corrected chi connectivity index (χ1v) is 5.93. The Morgan fingerprint density at radius 2 is 1.83 bits per heavy atom. The average molecular weight is 243 g/mol. The lowest BCUT2D eigenvalue weighted by molar-refractivity contribution is 0.102. The minimum absolute atomic E-state index is 0.127. The summed E-state index contributed by atoms with van der Waals surface area (Å²) >= 11 is 0. The molecule has 0 aliphatic carbocycles. The molecule has 2 rings (SSSR count). The summed E-state index contributed by atoms with van der Waals surface area (Å²) in [6.07, 6.45) is 0. The van der Waals surface area contributed by atoms with E-state index in [1.165, 1.54) is 0 Å². The summed E-state index contributed by atoms with van der Waals surface area (Å²) < 4.78 is 5.37. The molecule has 0 bridgehead atoms. The van der Waals surface area contributed by atoms with E-state index in [1.54, 1.807) is 13.0 Å². The van der Waals surface area contributed by atoms with Crippen LogP contribution in [-0.2, 0) is 0 Å². The molecule has 1 amide bonds. The van der Waals surface area contributed by atoms with Gasteiger partial charge in [0.25, 0.3) is 5.91 Å². The number of rotatable bonds is 2. The molecule has 0 saturated carbocycles. The second-order valence-electron chi connectivity index (χ2n) is 4.60. The van der Waals surface area contributed by atoms with Crippen LogP contribution in [0, 0.1) is 27.7 Å². The van der Waals surface area contributed by atoms with Crippen LogP contribution in [0.3, 0.4) is 0 Å². The minimum Gasteiger partial charge on any atom is -0.466 e. The largest absolute Gasteiger partial charge is 0.466 e. The molecule has 94 valence electrons. The van der Waals surface area contributed by atoms with Crippen LogP contribution in [0.15, 0.2) is 28.7 Å². The van der Waals surface area contributed by atoms with Crippen molar-refractivity contribution in [1.29, 1.82) is 0 Å². The fourth-order valence-electron chi connectivity index (χ4n) is 1.92. The van der Waals surface area contributed by atoms with Crippen molar-refractivity contribution in [3.05, 3.63) is 52.5 Å². The first-order chi connectivity index (χ1) is 8.47. The zero-order valence-corrected chi connectivity index (χ0v) is 11.1. The van der Waals surface area contributed by atoms with Crippen LogP contribution >= 0.6 is 0 Å². The van der Waals surface area contributed by atoms with E-state index in [2.05, 4.69) is 5.32 Å². The number of benzene rings is 1. The summed E-state index contributed by atoms with van der Waals surface area (Å²) in [5.41, 5.74) is 3.61. The molecule has 0 fully saturated rings. The molecule has 1 N–H and O–H groups in total. The lowest BCUT2D eigenvalue weighted by atomic mass is 10.1. The van der Waals surface area contributed by atoms with Gasteiger partial charge in [-0.25, -0.2) is 0 Å². The van der Waals surface area contributed by atoms with Crippen LogP contribution in [0.2, 0.25) is 0 Å². The molecule has 0 unspecified atom stereocenters. The zero-order chi connectivity index (χ0) is 13.3. The monoisotopic (exact) mass is 243 g/mol. The van der Waals surface area contributed by atoms with Gasteiger partial charge in [0, 0.05) is 5.69 Å². The summed E-state index contributed by atoms with van der Waals surface area (Å²) in [5.74, 6) is 1.27. The molecule has 0 aliphatic heterocycles. The average Bonchev–Trinajstić information content (AvgIpc) is 2.63. The molecule has 2 aromatic rings. The number of nitrogens with one attached hydrogen (secondary N) is 1. The van der Waals surface area contributed by atoms with Crippen LogP contribution in [0.25, 0.3) is 0 Å². The van der Waals surface area contributed by atoms with Gasteiger partial charge in [-0.05, 0) is 51.0 Å². The molecule has 1 aromatic carbocycles. The fraction of sp³-hybridized carbons (Fsp3) is 0.267. The van der Waals surface area contributed by atoms with Crippen molar-refractivity contribution in [3.63, 3.8) is 0 Å². The zero-order valence-electron chi connectivity index (χ0n) is 11.1. The topological polar surface area (TPSA) is 42.2 Å². The molecule has 3 heteroatoms. The Morgan fingerprint density at radius 3 is 2.44 bits per heavy atom. The number of furan rings is 1. The Hall–Kier alpha value is -2.03. The Labute approximate surface area is 107 Å². The Morgan fingerprint density at radius 1 is 1.11 bits per heavy atom. The highest BCUT2D eigenvalue weighted by Gasteiger charge is 2.14. The molecular formula is C15H17NO2. The second kappa shape index (κ2) is 4.69. The van der Waals surface area contributed by atoms with Crippen molar-refractivity contribution in [2.75, 3.05) is 5.32 Å². The third kappa shape index (κ3) is 2.45. The quantitative estimate of drug-likeness (QED) is 0.872. The van der Waals surface area contributed by atoms with E-state index in [1.807, 2.05) is 39.0 Å². The van der Waals surface area contributed by atoms with Gasteiger partial charge in [0.15, 0.2) is 0 Å². The van der Waals surface area contributed by atoms with Gasteiger partial charge in [0.1, 0.15) is 11.5 Å². The second-order valence-corrected chi connectivity index (χ2v) is 4.60. The molecule has 1 aromatic heterocycles. The number of hydrogen-bond acceptors (Lipinski definition) is 2. The molecule has 0 spiro atoms. The van der Waals surface area contributed by atoms with Crippen LogP contribution in [0.1, 0.15) is 33.0 Å². The highest BCUT2D eigenvalue weighted by molar-refractivity contribution is 6.05. The number of aryl methyl sites for hydroxylation is 4. The number of amides is 1. The van der Waals surface area contributed by atoms with E-state index >= 15 is 0 Å². The molecule has 0 radical (unpaired) electrons. The molecule has 3 nitrogen and oxygen atoms in total. The Bertz CT molecular complexity index is 597. The maximum atomic E-state index is 12.1. The molecule has 0 atom stereocenters. The van der Waals surface area contributed by atoms with Gasteiger partial charge in [-0.1, -0.05) is 12.1 Å². The van der Waals surface area contributed by atoms with E-state index < -0.39 is 0 Å². The molecule has 18 heavy (non-hydrogen) atoms. The maximum Gasteiger partial charge on any atom is 0.259 e. The lowest BCUT2D eigenvalue weighted by Crippen LogP contribution is -2.13. The SMILES string of the molecule is Cc1ccc(C)c(NC(=O)c2cc(C)oc2C)c1. The van der Waals surface area contributed by atoms with Crippen LogP contribution in [0.5, 0.6) is 0 Å². The standard InChI is InChI=1S/C15H17NO2/c1-9-5-6-10(2)14(7-9)16-15(17)13-8-11(3)18-12(13)4/h5-8H,1-4H3,(H,16,17). The van der Waals surface area contributed by atoms with Crippen molar-refractivity contribution < 1.29 is 9.21 Å². The smallest absolute Gasteiger partial charge is 0.259 e. The van der Waals surface area contributed by atoms with Gasteiger partial charge in [-0.2, -0.15) is 0 Å². The highest BCUT2D eigenvalue weighted by atomic mass is 16.3. The molecule has 0 aliphatic rings.